The Hall–Kier alpha value is -1.52. The predicted octanol–water partition coefficient (Wildman–Crippen LogP) is 3.89. The first kappa shape index (κ1) is 26.5. The fourth-order valence-corrected chi connectivity index (χ4v) is 3.05. The van der Waals surface area contributed by atoms with Gasteiger partial charge in [0.1, 0.15) is 12.4 Å². The maximum Gasteiger partial charge on any atom is 0.194 e. The molecular formula is C21H33ClIN5O2. The number of ether oxygens (including phenoxy) is 2. The fraction of sp³-hybridized carbons (Fsp3) is 0.524. The largest absolute Gasteiger partial charge is 0.492 e. The number of aromatic nitrogens is 2. The summed E-state index contributed by atoms with van der Waals surface area (Å²) in [6.45, 7) is 10.2. The Morgan fingerprint density at radius 3 is 2.57 bits per heavy atom. The van der Waals surface area contributed by atoms with Crippen molar-refractivity contribution in [1.82, 2.24) is 20.0 Å². The van der Waals surface area contributed by atoms with Crippen LogP contribution in [0.1, 0.15) is 23.9 Å². The van der Waals surface area contributed by atoms with Crippen molar-refractivity contribution >= 4 is 41.5 Å². The van der Waals surface area contributed by atoms with E-state index in [4.69, 9.17) is 26.1 Å². The molecule has 1 heterocycles. The van der Waals surface area contributed by atoms with E-state index < -0.39 is 0 Å². The lowest BCUT2D eigenvalue weighted by Gasteiger charge is -2.22. The lowest BCUT2D eigenvalue weighted by molar-refractivity contribution is 0.182. The van der Waals surface area contributed by atoms with Crippen molar-refractivity contribution in [1.29, 1.82) is 0 Å². The lowest BCUT2D eigenvalue weighted by atomic mass is 10.2. The van der Waals surface area contributed by atoms with Crippen LogP contribution in [-0.2, 0) is 17.8 Å². The van der Waals surface area contributed by atoms with Crippen molar-refractivity contribution in [2.75, 3.05) is 40.5 Å². The predicted molar refractivity (Wildman–Crippen MR) is 133 cm³/mol. The number of guanidine groups is 1. The summed E-state index contributed by atoms with van der Waals surface area (Å²) in [5.74, 6) is 1.65. The zero-order valence-corrected chi connectivity index (χ0v) is 21.5. The average molecular weight is 550 g/mol. The van der Waals surface area contributed by atoms with E-state index in [0.29, 0.717) is 31.3 Å². The summed E-state index contributed by atoms with van der Waals surface area (Å²) in [6, 6.07) is 7.38. The van der Waals surface area contributed by atoms with E-state index in [1.807, 2.05) is 42.9 Å². The van der Waals surface area contributed by atoms with Gasteiger partial charge in [-0.3, -0.25) is 4.68 Å². The molecule has 0 aliphatic rings. The quantitative estimate of drug-likeness (QED) is 0.277. The summed E-state index contributed by atoms with van der Waals surface area (Å²) in [5.41, 5.74) is 3.29. The third-order valence-electron chi connectivity index (χ3n) is 4.63. The zero-order chi connectivity index (χ0) is 21.2. The van der Waals surface area contributed by atoms with Gasteiger partial charge in [-0.2, -0.15) is 5.10 Å². The molecule has 0 fully saturated rings. The van der Waals surface area contributed by atoms with E-state index in [0.717, 1.165) is 41.7 Å². The maximum absolute atomic E-state index is 5.91. The van der Waals surface area contributed by atoms with Gasteiger partial charge in [-0.25, -0.2) is 4.99 Å². The Labute approximate surface area is 201 Å². The van der Waals surface area contributed by atoms with Crippen LogP contribution in [-0.4, -0.2) is 61.1 Å². The molecule has 0 aliphatic heterocycles. The summed E-state index contributed by atoms with van der Waals surface area (Å²) in [6.07, 6.45) is 0. The topological polar surface area (TPSA) is 63.9 Å². The first-order chi connectivity index (χ1) is 14.0. The molecule has 168 valence electrons. The number of hydrogen-bond acceptors (Lipinski definition) is 4. The van der Waals surface area contributed by atoms with Gasteiger partial charge in [0.05, 0.1) is 31.9 Å². The van der Waals surface area contributed by atoms with Crippen molar-refractivity contribution < 1.29 is 9.47 Å². The molecule has 2 aromatic rings. The Morgan fingerprint density at radius 2 is 1.93 bits per heavy atom. The average Bonchev–Trinajstić information content (AvgIpc) is 2.98. The van der Waals surface area contributed by atoms with Crippen molar-refractivity contribution in [3.63, 3.8) is 0 Å². The van der Waals surface area contributed by atoms with Crippen LogP contribution in [0.5, 0.6) is 5.75 Å². The molecule has 2 rings (SSSR count). The normalized spacial score (nSPS) is 11.2. The SMILES string of the molecule is CCNC(=NCc1c(C)nn(CCOC)c1C)N(C)CCOc1ccc(Cl)cc1.I. The molecule has 0 radical (unpaired) electrons. The third-order valence-corrected chi connectivity index (χ3v) is 4.88. The zero-order valence-electron chi connectivity index (χ0n) is 18.4. The Morgan fingerprint density at radius 1 is 1.23 bits per heavy atom. The van der Waals surface area contributed by atoms with E-state index in [9.17, 15) is 0 Å². The van der Waals surface area contributed by atoms with Crippen LogP contribution in [0.2, 0.25) is 5.02 Å². The minimum Gasteiger partial charge on any atom is -0.492 e. The monoisotopic (exact) mass is 549 g/mol. The number of aryl methyl sites for hydroxylation is 1. The summed E-state index contributed by atoms with van der Waals surface area (Å²) < 4.78 is 12.9. The van der Waals surface area contributed by atoms with Crippen LogP contribution < -0.4 is 10.1 Å². The molecule has 9 heteroatoms. The minimum atomic E-state index is 0. The number of halogens is 2. The molecule has 0 amide bonds. The van der Waals surface area contributed by atoms with E-state index in [-0.39, 0.29) is 24.0 Å². The van der Waals surface area contributed by atoms with E-state index >= 15 is 0 Å². The maximum atomic E-state index is 5.91. The number of aliphatic imine (C=N–C) groups is 1. The standard InChI is InChI=1S/C21H32ClN5O2.HI/c1-6-23-21(26(4)11-14-29-19-9-7-18(22)8-10-19)24-15-20-16(2)25-27(17(20)3)12-13-28-5;/h7-10H,6,11-15H2,1-5H3,(H,23,24);1H. The first-order valence-electron chi connectivity index (χ1n) is 9.85. The van der Waals surface area contributed by atoms with Crippen LogP contribution in [0.3, 0.4) is 0 Å². The van der Waals surface area contributed by atoms with E-state index in [1.165, 1.54) is 0 Å². The third kappa shape index (κ3) is 7.96. The molecule has 1 aromatic heterocycles. The molecule has 1 aromatic carbocycles. The highest BCUT2D eigenvalue weighted by Gasteiger charge is 2.12. The van der Waals surface area contributed by atoms with Gasteiger partial charge in [-0.1, -0.05) is 11.6 Å². The second-order valence-electron chi connectivity index (χ2n) is 6.76. The molecule has 0 atom stereocenters. The minimum absolute atomic E-state index is 0. The van der Waals surface area contributed by atoms with Gasteiger partial charge < -0.3 is 19.7 Å². The van der Waals surface area contributed by atoms with Gasteiger partial charge in [0.2, 0.25) is 0 Å². The van der Waals surface area contributed by atoms with Crippen LogP contribution >= 0.6 is 35.6 Å². The number of nitrogens with one attached hydrogen (secondary N) is 1. The smallest absolute Gasteiger partial charge is 0.194 e. The van der Waals surface area contributed by atoms with Crippen molar-refractivity contribution in [3.05, 3.63) is 46.2 Å². The van der Waals surface area contributed by atoms with Gasteiger partial charge in [-0.15, -0.1) is 24.0 Å². The van der Waals surface area contributed by atoms with Gasteiger partial charge in [-0.05, 0) is 45.0 Å². The second-order valence-corrected chi connectivity index (χ2v) is 7.20. The highest BCUT2D eigenvalue weighted by Crippen LogP contribution is 2.16. The molecule has 7 nitrogen and oxygen atoms in total. The highest BCUT2D eigenvalue weighted by atomic mass is 127. The van der Waals surface area contributed by atoms with E-state index in [2.05, 4.69) is 29.2 Å². The second kappa shape index (κ2) is 13.7. The Balaban J connectivity index is 0.00000450. The molecule has 0 saturated heterocycles. The highest BCUT2D eigenvalue weighted by molar-refractivity contribution is 14.0. The number of benzene rings is 1. The number of rotatable bonds is 10. The molecule has 0 saturated carbocycles. The molecule has 30 heavy (non-hydrogen) atoms. The summed E-state index contributed by atoms with van der Waals surface area (Å²) in [4.78, 5) is 6.88. The number of hydrogen-bond donors (Lipinski definition) is 1. The molecule has 0 unspecified atom stereocenters. The Kier molecular flexibility index (Phi) is 12.1. The van der Waals surface area contributed by atoms with Gasteiger partial charge in [0.25, 0.3) is 0 Å². The lowest BCUT2D eigenvalue weighted by Crippen LogP contribution is -2.40. The van der Waals surface area contributed by atoms with Crippen molar-refractivity contribution in [2.45, 2.75) is 33.9 Å². The van der Waals surface area contributed by atoms with Gasteiger partial charge in [0, 0.05) is 37.0 Å². The molecule has 0 spiro atoms. The van der Waals surface area contributed by atoms with Crippen LogP contribution in [0, 0.1) is 13.8 Å². The molecule has 0 aliphatic carbocycles. The number of nitrogens with zero attached hydrogens (tertiary/aromatic N) is 4. The molecule has 0 bridgehead atoms. The summed E-state index contributed by atoms with van der Waals surface area (Å²) >= 11 is 5.91. The molecule has 1 N–H and O–H groups in total. The molecular weight excluding hydrogens is 517 g/mol. The number of methoxy groups -OCH3 is 1. The van der Waals surface area contributed by atoms with Crippen LogP contribution in [0.15, 0.2) is 29.3 Å². The summed E-state index contributed by atoms with van der Waals surface area (Å²) in [5, 5.41) is 8.66. The first-order valence-corrected chi connectivity index (χ1v) is 10.2. The Bertz CT molecular complexity index is 795. The van der Waals surface area contributed by atoms with Crippen molar-refractivity contribution in [3.8, 4) is 5.75 Å². The van der Waals surface area contributed by atoms with Gasteiger partial charge in [0.15, 0.2) is 5.96 Å². The van der Waals surface area contributed by atoms with Gasteiger partial charge >= 0.3 is 0 Å². The van der Waals surface area contributed by atoms with Crippen LogP contribution in [0.4, 0.5) is 0 Å². The van der Waals surface area contributed by atoms with Crippen LogP contribution in [0.25, 0.3) is 0 Å². The number of likely N-dealkylation sites (N-methyl/N-ethyl adjacent to an activating group) is 1. The summed E-state index contributed by atoms with van der Waals surface area (Å²) in [7, 11) is 3.71. The van der Waals surface area contributed by atoms with Crippen molar-refractivity contribution in [2.24, 2.45) is 4.99 Å². The van der Waals surface area contributed by atoms with E-state index in [1.54, 1.807) is 7.11 Å². The fourth-order valence-electron chi connectivity index (χ4n) is 2.92.